The largest absolute Gasteiger partial charge is 0.153 e. The minimum Gasteiger partial charge on any atom is -0.153 e. The van der Waals surface area contributed by atoms with Gasteiger partial charge < -0.3 is 0 Å². The van der Waals surface area contributed by atoms with Crippen molar-refractivity contribution < 1.29 is 0 Å². The lowest BCUT2D eigenvalue weighted by Crippen LogP contribution is -2.37. The minimum atomic E-state index is 0.0136. The number of hydrogen-bond donors (Lipinski definition) is 0. The maximum absolute atomic E-state index is 6.61. The molecular formula is C17H25ClS. The van der Waals surface area contributed by atoms with Gasteiger partial charge in [-0.15, -0.1) is 11.6 Å². The molecule has 3 atom stereocenters. The van der Waals surface area contributed by atoms with Crippen molar-refractivity contribution in [3.05, 3.63) is 35.9 Å². The normalized spacial score (nSPS) is 31.6. The van der Waals surface area contributed by atoms with Gasteiger partial charge in [0.25, 0.3) is 0 Å². The van der Waals surface area contributed by atoms with Crippen molar-refractivity contribution in [3.8, 4) is 0 Å². The van der Waals surface area contributed by atoms with E-state index in [1.54, 1.807) is 0 Å². The second-order valence-electron chi connectivity index (χ2n) is 6.40. The van der Waals surface area contributed by atoms with E-state index in [-0.39, 0.29) is 4.87 Å². The van der Waals surface area contributed by atoms with Gasteiger partial charge in [-0.25, -0.2) is 0 Å². The molecule has 1 aliphatic rings. The molecule has 1 aliphatic carbocycles. The highest BCUT2D eigenvalue weighted by Crippen LogP contribution is 2.45. The Balaban J connectivity index is 1.98. The molecule has 0 nitrogen and oxygen atoms in total. The summed E-state index contributed by atoms with van der Waals surface area (Å²) in [7, 11) is 0. The van der Waals surface area contributed by atoms with E-state index < -0.39 is 0 Å². The highest BCUT2D eigenvalue weighted by Gasteiger charge is 2.37. The summed E-state index contributed by atoms with van der Waals surface area (Å²) in [6, 6.07) is 10.8. The van der Waals surface area contributed by atoms with Gasteiger partial charge in [-0.2, -0.15) is 11.8 Å². The summed E-state index contributed by atoms with van der Waals surface area (Å²) in [5.41, 5.74) is 1.43. The maximum atomic E-state index is 6.61. The van der Waals surface area contributed by atoms with Gasteiger partial charge in [0.1, 0.15) is 0 Å². The number of hydrogen-bond acceptors (Lipinski definition) is 1. The van der Waals surface area contributed by atoms with E-state index in [4.69, 9.17) is 11.6 Å². The van der Waals surface area contributed by atoms with Gasteiger partial charge in [0.05, 0.1) is 0 Å². The van der Waals surface area contributed by atoms with Crippen LogP contribution >= 0.6 is 23.4 Å². The average Bonchev–Trinajstić information content (AvgIpc) is 2.36. The Morgan fingerprint density at radius 3 is 2.63 bits per heavy atom. The lowest BCUT2D eigenvalue weighted by atomic mass is 9.77. The number of thioether (sulfide) groups is 1. The van der Waals surface area contributed by atoms with Crippen LogP contribution in [0.4, 0.5) is 0 Å². The first-order valence-electron chi connectivity index (χ1n) is 7.32. The van der Waals surface area contributed by atoms with Crippen LogP contribution in [0.15, 0.2) is 30.3 Å². The predicted octanol–water partition coefficient (Wildman–Crippen LogP) is 5.74. The summed E-state index contributed by atoms with van der Waals surface area (Å²) in [5, 5.41) is 0.705. The van der Waals surface area contributed by atoms with Gasteiger partial charge in [0.15, 0.2) is 0 Å². The van der Waals surface area contributed by atoms with Gasteiger partial charge >= 0.3 is 0 Å². The van der Waals surface area contributed by atoms with Crippen LogP contribution in [0.1, 0.15) is 45.6 Å². The molecule has 0 saturated heterocycles. The Morgan fingerprint density at radius 2 is 2.00 bits per heavy atom. The highest BCUT2D eigenvalue weighted by atomic mass is 35.5. The quantitative estimate of drug-likeness (QED) is 0.638. The molecule has 0 aromatic heterocycles. The minimum absolute atomic E-state index is 0.0136. The first-order chi connectivity index (χ1) is 8.98. The Labute approximate surface area is 127 Å². The zero-order valence-electron chi connectivity index (χ0n) is 12.2. The molecule has 19 heavy (non-hydrogen) atoms. The summed E-state index contributed by atoms with van der Waals surface area (Å²) >= 11 is 8.71. The molecule has 1 aromatic rings. The van der Waals surface area contributed by atoms with Crippen molar-refractivity contribution in [1.82, 2.24) is 0 Å². The predicted molar refractivity (Wildman–Crippen MR) is 88.0 cm³/mol. The zero-order valence-corrected chi connectivity index (χ0v) is 13.8. The Kier molecular flexibility index (Phi) is 5.25. The molecule has 0 aliphatic heterocycles. The van der Waals surface area contributed by atoms with Gasteiger partial charge in [0, 0.05) is 15.9 Å². The molecule has 0 radical (unpaired) electrons. The van der Waals surface area contributed by atoms with E-state index in [9.17, 15) is 0 Å². The van der Waals surface area contributed by atoms with Gasteiger partial charge in [-0.3, -0.25) is 0 Å². The van der Waals surface area contributed by atoms with Crippen molar-refractivity contribution in [2.45, 2.75) is 55.9 Å². The highest BCUT2D eigenvalue weighted by molar-refractivity contribution is 7.99. The summed E-state index contributed by atoms with van der Waals surface area (Å²) in [5.74, 6) is 2.70. The van der Waals surface area contributed by atoms with Crippen molar-refractivity contribution in [1.29, 1.82) is 0 Å². The Hall–Kier alpha value is -0.140. The molecule has 1 fully saturated rings. The van der Waals surface area contributed by atoms with Crippen LogP contribution in [0.25, 0.3) is 0 Å². The number of alkyl halides is 1. The lowest BCUT2D eigenvalue weighted by Gasteiger charge is -2.41. The zero-order chi connectivity index (χ0) is 13.9. The van der Waals surface area contributed by atoms with Gasteiger partial charge in [0.2, 0.25) is 0 Å². The van der Waals surface area contributed by atoms with E-state index in [0.29, 0.717) is 5.25 Å². The second kappa shape index (κ2) is 6.54. The van der Waals surface area contributed by atoms with Crippen molar-refractivity contribution in [2.24, 2.45) is 11.8 Å². The van der Waals surface area contributed by atoms with Crippen LogP contribution in [0, 0.1) is 11.8 Å². The third-order valence-electron chi connectivity index (χ3n) is 4.27. The fourth-order valence-corrected chi connectivity index (χ4v) is 5.20. The van der Waals surface area contributed by atoms with Crippen LogP contribution in [0.5, 0.6) is 0 Å². The molecule has 0 heterocycles. The van der Waals surface area contributed by atoms with E-state index in [1.807, 2.05) is 0 Å². The smallest absolute Gasteiger partial charge is 0.0429 e. The summed E-state index contributed by atoms with van der Waals surface area (Å²) in [4.78, 5) is 0.0136. The van der Waals surface area contributed by atoms with Crippen molar-refractivity contribution in [2.75, 3.05) is 0 Å². The van der Waals surface area contributed by atoms with E-state index in [2.05, 4.69) is 62.9 Å². The summed E-state index contributed by atoms with van der Waals surface area (Å²) in [6.45, 7) is 6.93. The molecule has 3 unspecified atom stereocenters. The molecule has 0 amide bonds. The third-order valence-corrected chi connectivity index (χ3v) is 6.05. The van der Waals surface area contributed by atoms with Gasteiger partial charge in [-0.1, -0.05) is 44.2 Å². The monoisotopic (exact) mass is 296 g/mol. The fourth-order valence-electron chi connectivity index (χ4n) is 3.05. The molecule has 2 heteroatoms. The fraction of sp³-hybridized carbons (Fsp3) is 0.647. The van der Waals surface area contributed by atoms with E-state index in [1.165, 1.54) is 18.4 Å². The van der Waals surface area contributed by atoms with E-state index in [0.717, 1.165) is 24.0 Å². The lowest BCUT2D eigenvalue weighted by molar-refractivity contribution is 0.258. The standard InChI is InChI=1S/C17H25ClS/c1-13(2)15-9-10-17(3,18)11-16(15)19-12-14-7-5-4-6-8-14/h4-8,13,15-16H,9-12H2,1-3H3. The van der Waals surface area contributed by atoms with Crippen molar-refractivity contribution >= 4 is 23.4 Å². The summed E-state index contributed by atoms with van der Waals surface area (Å²) in [6.07, 6.45) is 3.60. The van der Waals surface area contributed by atoms with Crippen LogP contribution in [0.3, 0.4) is 0 Å². The number of halogens is 1. The van der Waals surface area contributed by atoms with Crippen LogP contribution in [-0.2, 0) is 5.75 Å². The molecule has 106 valence electrons. The summed E-state index contributed by atoms with van der Waals surface area (Å²) < 4.78 is 0. The molecule has 2 rings (SSSR count). The van der Waals surface area contributed by atoms with Gasteiger partial charge in [-0.05, 0) is 43.6 Å². The molecule has 1 aromatic carbocycles. The molecule has 0 bridgehead atoms. The van der Waals surface area contributed by atoms with E-state index >= 15 is 0 Å². The molecule has 0 N–H and O–H groups in total. The van der Waals surface area contributed by atoms with Crippen LogP contribution < -0.4 is 0 Å². The number of rotatable bonds is 4. The Morgan fingerprint density at radius 1 is 1.32 bits per heavy atom. The topological polar surface area (TPSA) is 0 Å². The average molecular weight is 297 g/mol. The van der Waals surface area contributed by atoms with Crippen molar-refractivity contribution in [3.63, 3.8) is 0 Å². The molecular weight excluding hydrogens is 272 g/mol. The first-order valence-corrected chi connectivity index (χ1v) is 8.75. The molecule has 0 spiro atoms. The third kappa shape index (κ3) is 4.43. The SMILES string of the molecule is CC(C)C1CCC(C)(Cl)CC1SCc1ccccc1. The maximum Gasteiger partial charge on any atom is 0.0429 e. The van der Waals surface area contributed by atoms with Crippen LogP contribution in [0.2, 0.25) is 0 Å². The second-order valence-corrected chi connectivity index (χ2v) is 8.54. The van der Waals surface area contributed by atoms with Crippen LogP contribution in [-0.4, -0.2) is 10.1 Å². The Bertz CT molecular complexity index is 386. The first kappa shape index (κ1) is 15.3. The number of benzene rings is 1. The molecule has 1 saturated carbocycles.